The second-order valence-corrected chi connectivity index (χ2v) is 3.54. The van der Waals surface area contributed by atoms with Crippen molar-refractivity contribution in [3.63, 3.8) is 0 Å². The predicted octanol–water partition coefficient (Wildman–Crippen LogP) is 1.31. The van der Waals surface area contributed by atoms with E-state index >= 15 is 0 Å². The van der Waals surface area contributed by atoms with Gasteiger partial charge in [-0.1, -0.05) is 6.07 Å². The minimum absolute atomic E-state index is 0.279. The first-order chi connectivity index (χ1) is 8.24. The lowest BCUT2D eigenvalue weighted by molar-refractivity contribution is 0.187. The van der Waals surface area contributed by atoms with Crippen LogP contribution in [-0.4, -0.2) is 28.5 Å². The van der Waals surface area contributed by atoms with Gasteiger partial charge in [0.15, 0.2) is 5.82 Å². The molecule has 0 spiro atoms. The SMILES string of the molecule is COCCn1cnnc1-c1c(N)cccc1F. The Morgan fingerprint density at radius 2 is 2.29 bits per heavy atom. The minimum Gasteiger partial charge on any atom is -0.398 e. The van der Waals surface area contributed by atoms with E-state index in [1.165, 1.54) is 12.4 Å². The van der Waals surface area contributed by atoms with Gasteiger partial charge in [-0.25, -0.2) is 4.39 Å². The number of halogens is 1. The molecule has 2 aromatic rings. The zero-order valence-corrected chi connectivity index (χ0v) is 9.43. The predicted molar refractivity (Wildman–Crippen MR) is 61.7 cm³/mol. The average molecular weight is 236 g/mol. The van der Waals surface area contributed by atoms with Crippen molar-refractivity contribution in [1.29, 1.82) is 0 Å². The van der Waals surface area contributed by atoms with Crippen molar-refractivity contribution >= 4 is 5.69 Å². The Hall–Kier alpha value is -1.95. The molecular formula is C11H13FN4O. The van der Waals surface area contributed by atoms with E-state index in [9.17, 15) is 4.39 Å². The largest absolute Gasteiger partial charge is 0.398 e. The first-order valence-corrected chi connectivity index (χ1v) is 5.15. The molecule has 1 aromatic heterocycles. The van der Waals surface area contributed by atoms with Crippen molar-refractivity contribution in [2.75, 3.05) is 19.5 Å². The Morgan fingerprint density at radius 1 is 1.47 bits per heavy atom. The van der Waals surface area contributed by atoms with Crippen LogP contribution in [0.3, 0.4) is 0 Å². The van der Waals surface area contributed by atoms with Crippen LogP contribution in [0.4, 0.5) is 10.1 Å². The number of methoxy groups -OCH3 is 1. The molecule has 0 radical (unpaired) electrons. The Balaban J connectivity index is 2.43. The van der Waals surface area contributed by atoms with Gasteiger partial charge in [-0.3, -0.25) is 0 Å². The quantitative estimate of drug-likeness (QED) is 0.813. The molecule has 0 unspecified atom stereocenters. The lowest BCUT2D eigenvalue weighted by Crippen LogP contribution is -2.07. The number of hydrogen-bond acceptors (Lipinski definition) is 4. The third-order valence-electron chi connectivity index (χ3n) is 2.42. The third-order valence-corrected chi connectivity index (χ3v) is 2.42. The highest BCUT2D eigenvalue weighted by Crippen LogP contribution is 2.26. The van der Waals surface area contributed by atoms with Gasteiger partial charge in [-0.2, -0.15) is 0 Å². The molecule has 0 fully saturated rings. The lowest BCUT2D eigenvalue weighted by Gasteiger charge is -2.08. The molecule has 2 N–H and O–H groups in total. The van der Waals surface area contributed by atoms with Crippen LogP contribution in [-0.2, 0) is 11.3 Å². The number of nitrogen functional groups attached to an aromatic ring is 1. The molecule has 6 heteroatoms. The van der Waals surface area contributed by atoms with E-state index in [-0.39, 0.29) is 5.56 Å². The molecule has 0 aliphatic carbocycles. The van der Waals surface area contributed by atoms with Crippen molar-refractivity contribution in [3.8, 4) is 11.4 Å². The summed E-state index contributed by atoms with van der Waals surface area (Å²) in [5, 5.41) is 7.67. The first-order valence-electron chi connectivity index (χ1n) is 5.15. The van der Waals surface area contributed by atoms with Crippen LogP contribution in [0.5, 0.6) is 0 Å². The van der Waals surface area contributed by atoms with E-state index in [4.69, 9.17) is 10.5 Å². The summed E-state index contributed by atoms with van der Waals surface area (Å²) in [4.78, 5) is 0. The molecule has 2 rings (SSSR count). The molecule has 0 saturated heterocycles. The van der Waals surface area contributed by atoms with Crippen LogP contribution in [0.1, 0.15) is 0 Å². The average Bonchev–Trinajstić information content (AvgIpc) is 2.74. The molecule has 5 nitrogen and oxygen atoms in total. The van der Waals surface area contributed by atoms with Crippen LogP contribution in [0.25, 0.3) is 11.4 Å². The third kappa shape index (κ3) is 2.26. The number of nitrogens with zero attached hydrogens (tertiary/aromatic N) is 3. The van der Waals surface area contributed by atoms with Crippen molar-refractivity contribution < 1.29 is 9.13 Å². The maximum absolute atomic E-state index is 13.7. The standard InChI is InChI=1S/C11H13FN4O/c1-17-6-5-16-7-14-15-11(16)10-8(12)3-2-4-9(10)13/h2-4,7H,5-6,13H2,1H3. The molecule has 17 heavy (non-hydrogen) atoms. The Morgan fingerprint density at radius 3 is 3.00 bits per heavy atom. The van der Waals surface area contributed by atoms with Crippen LogP contribution in [0, 0.1) is 5.82 Å². The molecule has 0 saturated carbocycles. The summed E-state index contributed by atoms with van der Waals surface area (Å²) in [6, 6.07) is 4.54. The molecule has 0 aliphatic heterocycles. The van der Waals surface area contributed by atoms with Crippen LogP contribution in [0.2, 0.25) is 0 Å². The van der Waals surface area contributed by atoms with Gasteiger partial charge in [0, 0.05) is 19.3 Å². The minimum atomic E-state index is -0.406. The monoisotopic (exact) mass is 236 g/mol. The molecule has 0 amide bonds. The second kappa shape index (κ2) is 4.92. The summed E-state index contributed by atoms with van der Waals surface area (Å²) >= 11 is 0. The van der Waals surface area contributed by atoms with Gasteiger partial charge >= 0.3 is 0 Å². The molecule has 0 atom stereocenters. The van der Waals surface area contributed by atoms with Gasteiger partial charge in [-0.15, -0.1) is 10.2 Å². The smallest absolute Gasteiger partial charge is 0.168 e. The van der Waals surface area contributed by atoms with E-state index in [1.807, 2.05) is 0 Å². The number of rotatable bonds is 4. The molecule has 0 aliphatic rings. The maximum atomic E-state index is 13.7. The topological polar surface area (TPSA) is 66.0 Å². The van der Waals surface area contributed by atoms with E-state index in [0.29, 0.717) is 24.7 Å². The van der Waals surface area contributed by atoms with Crippen molar-refractivity contribution in [2.45, 2.75) is 6.54 Å². The zero-order chi connectivity index (χ0) is 12.3. The van der Waals surface area contributed by atoms with Gasteiger partial charge in [0.25, 0.3) is 0 Å². The normalized spacial score (nSPS) is 10.7. The molecule has 1 heterocycles. The fourth-order valence-corrected chi connectivity index (χ4v) is 1.58. The number of hydrogen-bond donors (Lipinski definition) is 1. The molecule has 90 valence electrons. The van der Waals surface area contributed by atoms with E-state index < -0.39 is 5.82 Å². The fourth-order valence-electron chi connectivity index (χ4n) is 1.58. The maximum Gasteiger partial charge on any atom is 0.168 e. The van der Waals surface area contributed by atoms with Crippen molar-refractivity contribution in [3.05, 3.63) is 30.3 Å². The summed E-state index contributed by atoms with van der Waals surface area (Å²) < 4.78 is 20.4. The van der Waals surface area contributed by atoms with E-state index in [0.717, 1.165) is 0 Å². The van der Waals surface area contributed by atoms with Gasteiger partial charge in [0.2, 0.25) is 0 Å². The highest BCUT2D eigenvalue weighted by molar-refractivity contribution is 5.72. The summed E-state index contributed by atoms with van der Waals surface area (Å²) in [5.74, 6) is 0.00863. The Kier molecular flexibility index (Phi) is 3.34. The van der Waals surface area contributed by atoms with Gasteiger partial charge in [-0.05, 0) is 12.1 Å². The number of anilines is 1. The van der Waals surface area contributed by atoms with Gasteiger partial charge < -0.3 is 15.0 Å². The Labute approximate surface area is 98.0 Å². The number of benzene rings is 1. The van der Waals surface area contributed by atoms with E-state index in [2.05, 4.69) is 10.2 Å². The fraction of sp³-hybridized carbons (Fsp3) is 0.273. The number of ether oxygens (including phenoxy) is 1. The van der Waals surface area contributed by atoms with E-state index in [1.54, 1.807) is 23.8 Å². The van der Waals surface area contributed by atoms with Crippen LogP contribution < -0.4 is 5.73 Å². The Bertz CT molecular complexity index is 492. The van der Waals surface area contributed by atoms with Gasteiger partial charge in [0.1, 0.15) is 12.1 Å². The van der Waals surface area contributed by atoms with Crippen molar-refractivity contribution in [2.24, 2.45) is 0 Å². The molecule has 1 aromatic carbocycles. The van der Waals surface area contributed by atoms with Crippen LogP contribution >= 0.6 is 0 Å². The van der Waals surface area contributed by atoms with Crippen LogP contribution in [0.15, 0.2) is 24.5 Å². The summed E-state index contributed by atoms with van der Waals surface area (Å²) in [6.45, 7) is 1.05. The van der Waals surface area contributed by atoms with Gasteiger partial charge in [0.05, 0.1) is 12.2 Å². The first kappa shape index (κ1) is 11.5. The number of aromatic nitrogens is 3. The summed E-state index contributed by atoms with van der Waals surface area (Å²) in [6.07, 6.45) is 1.53. The number of nitrogens with two attached hydrogens (primary N) is 1. The summed E-state index contributed by atoms with van der Waals surface area (Å²) in [7, 11) is 1.60. The van der Waals surface area contributed by atoms with Crippen molar-refractivity contribution in [1.82, 2.24) is 14.8 Å². The summed E-state index contributed by atoms with van der Waals surface area (Å²) in [5.41, 5.74) is 6.38. The highest BCUT2D eigenvalue weighted by atomic mass is 19.1. The lowest BCUT2D eigenvalue weighted by atomic mass is 10.1. The molecular weight excluding hydrogens is 223 g/mol. The molecule has 0 bridgehead atoms. The zero-order valence-electron chi connectivity index (χ0n) is 9.43. The highest BCUT2D eigenvalue weighted by Gasteiger charge is 2.14. The second-order valence-electron chi connectivity index (χ2n) is 3.54.